The molecule has 5 N–H and O–H groups in total. The molecule has 174 valence electrons. The first-order chi connectivity index (χ1) is 15.9. The number of carbonyl (C=O) groups excluding carboxylic acids is 2. The Morgan fingerprint density at radius 3 is 2.73 bits per heavy atom. The second-order valence-corrected chi connectivity index (χ2v) is 7.22. The maximum absolute atomic E-state index is 13.1. The van der Waals surface area contributed by atoms with E-state index in [1.54, 1.807) is 31.2 Å². The van der Waals surface area contributed by atoms with Crippen molar-refractivity contribution in [2.24, 2.45) is 0 Å². The van der Waals surface area contributed by atoms with E-state index in [1.807, 2.05) is 0 Å². The van der Waals surface area contributed by atoms with E-state index in [-0.39, 0.29) is 23.5 Å². The Bertz CT molecular complexity index is 1180. The van der Waals surface area contributed by atoms with E-state index in [0.29, 0.717) is 11.4 Å². The summed E-state index contributed by atoms with van der Waals surface area (Å²) in [7, 11) is 1.45. The molecule has 0 aliphatic carbocycles. The van der Waals surface area contributed by atoms with Gasteiger partial charge in [-0.2, -0.15) is 0 Å². The number of ether oxygens (including phenoxy) is 2. The number of imidazole rings is 1. The van der Waals surface area contributed by atoms with E-state index >= 15 is 0 Å². The highest BCUT2D eigenvalue weighted by Crippen LogP contribution is 2.33. The van der Waals surface area contributed by atoms with E-state index in [4.69, 9.17) is 15.2 Å². The summed E-state index contributed by atoms with van der Waals surface area (Å²) >= 11 is 0. The summed E-state index contributed by atoms with van der Waals surface area (Å²) in [5.74, 6) is -0.280. The van der Waals surface area contributed by atoms with Gasteiger partial charge in [-0.1, -0.05) is 12.1 Å². The van der Waals surface area contributed by atoms with Gasteiger partial charge in [-0.15, -0.1) is 0 Å². The van der Waals surface area contributed by atoms with Crippen molar-refractivity contribution >= 4 is 34.6 Å². The van der Waals surface area contributed by atoms with Gasteiger partial charge in [-0.05, 0) is 19.1 Å². The number of rotatable bonds is 5. The van der Waals surface area contributed by atoms with Crippen LogP contribution in [0, 0.1) is 0 Å². The molecule has 33 heavy (non-hydrogen) atoms. The Morgan fingerprint density at radius 2 is 2.00 bits per heavy atom. The fourth-order valence-electron chi connectivity index (χ4n) is 3.63. The lowest BCUT2D eigenvalue weighted by Crippen LogP contribution is -2.49. The number of benzene rings is 1. The van der Waals surface area contributed by atoms with Crippen LogP contribution >= 0.6 is 0 Å². The summed E-state index contributed by atoms with van der Waals surface area (Å²) in [6.07, 6.45) is -3.27. The largest absolute Gasteiger partial charge is 0.495 e. The smallest absolute Gasteiger partial charge is 0.328 e. The lowest BCUT2D eigenvalue weighted by Gasteiger charge is -2.24. The summed E-state index contributed by atoms with van der Waals surface area (Å²) in [4.78, 5) is 38.8. The molecule has 3 amide bonds. The number of aliphatic hydroxyl groups is 2. The second-order valence-electron chi connectivity index (χ2n) is 7.22. The fraction of sp³-hybridized carbons (Fsp3) is 0.350. The Labute approximate surface area is 187 Å². The molecule has 13 nitrogen and oxygen atoms in total. The topological polar surface area (TPSA) is 178 Å². The van der Waals surface area contributed by atoms with Gasteiger partial charge in [0.25, 0.3) is 5.91 Å². The maximum Gasteiger partial charge on any atom is 0.328 e. The molecular formula is C20H23N7O6. The van der Waals surface area contributed by atoms with Gasteiger partial charge in [-0.3, -0.25) is 14.3 Å². The standard InChI is InChI=1S/C20H23N7O6/c1-3-26(20(31)25-10-6-4-5-7-11(10)32-2)18(30)15-13(28)14(29)19(33-15)27-9-24-12-16(21)22-8-23-17(12)27/h4-9,13-15,19,28-29H,3H2,1-2H3,(H,25,31)(H2,21,22,23)/t13-,14+,15-,19+/m0/s1. The van der Waals surface area contributed by atoms with Crippen molar-refractivity contribution in [2.75, 3.05) is 24.7 Å². The third-order valence-electron chi connectivity index (χ3n) is 5.32. The van der Waals surface area contributed by atoms with Crippen LogP contribution in [0.3, 0.4) is 0 Å². The van der Waals surface area contributed by atoms with Gasteiger partial charge in [0.05, 0.1) is 19.1 Å². The molecule has 0 unspecified atom stereocenters. The zero-order valence-electron chi connectivity index (χ0n) is 17.8. The molecule has 13 heteroatoms. The van der Waals surface area contributed by atoms with Crippen LogP contribution in [0.1, 0.15) is 13.2 Å². The summed E-state index contributed by atoms with van der Waals surface area (Å²) in [5.41, 5.74) is 6.69. The van der Waals surface area contributed by atoms with Crippen LogP contribution in [0.25, 0.3) is 11.2 Å². The number of urea groups is 1. The zero-order chi connectivity index (χ0) is 23.7. The molecule has 3 heterocycles. The number of nitrogens with zero attached hydrogens (tertiary/aromatic N) is 5. The Kier molecular flexibility index (Phi) is 6.09. The zero-order valence-corrected chi connectivity index (χ0v) is 17.8. The van der Waals surface area contributed by atoms with E-state index in [0.717, 1.165) is 4.90 Å². The predicted octanol–water partition coefficient (Wildman–Crippen LogP) is 0.117. The van der Waals surface area contributed by atoms with Gasteiger partial charge in [-0.25, -0.2) is 19.7 Å². The lowest BCUT2D eigenvalue weighted by molar-refractivity contribution is -0.145. The number of nitrogen functional groups attached to an aromatic ring is 1. The number of fused-ring (bicyclic) bond motifs is 1. The van der Waals surface area contributed by atoms with Crippen molar-refractivity contribution in [1.29, 1.82) is 0 Å². The van der Waals surface area contributed by atoms with Gasteiger partial charge >= 0.3 is 6.03 Å². The number of aromatic nitrogens is 4. The number of aliphatic hydroxyl groups excluding tert-OH is 2. The number of para-hydroxylation sites is 2. The summed E-state index contributed by atoms with van der Waals surface area (Å²) in [6, 6.07) is 5.97. The quantitative estimate of drug-likeness (QED) is 0.411. The number of carbonyl (C=O) groups is 2. The number of hydrogen-bond acceptors (Lipinski definition) is 10. The summed E-state index contributed by atoms with van der Waals surface area (Å²) in [6.45, 7) is 1.59. The normalized spacial score (nSPS) is 22.3. The van der Waals surface area contributed by atoms with Crippen LogP contribution in [0.2, 0.25) is 0 Å². The molecule has 3 aromatic rings. The van der Waals surface area contributed by atoms with E-state index in [1.165, 1.54) is 24.3 Å². The molecule has 0 spiro atoms. The van der Waals surface area contributed by atoms with Gasteiger partial charge in [0.15, 0.2) is 23.8 Å². The molecule has 1 aliphatic heterocycles. The Hall–Kier alpha value is -3.81. The number of likely N-dealkylation sites (N-methyl/N-ethyl adjacent to an activating group) is 1. The highest BCUT2D eigenvalue weighted by Gasteiger charge is 2.49. The fourth-order valence-corrected chi connectivity index (χ4v) is 3.63. The van der Waals surface area contributed by atoms with Crippen LogP contribution in [0.15, 0.2) is 36.9 Å². The minimum atomic E-state index is -1.60. The molecule has 0 saturated carbocycles. The molecule has 1 saturated heterocycles. The average Bonchev–Trinajstić information content (AvgIpc) is 3.36. The summed E-state index contributed by atoms with van der Waals surface area (Å²) < 4.78 is 12.2. The summed E-state index contributed by atoms with van der Waals surface area (Å²) in [5, 5.41) is 23.8. The van der Waals surface area contributed by atoms with Crippen LogP contribution in [-0.4, -0.2) is 78.5 Å². The first kappa shape index (κ1) is 22.4. The highest BCUT2D eigenvalue weighted by atomic mass is 16.6. The van der Waals surface area contributed by atoms with Crippen LogP contribution in [0.5, 0.6) is 5.75 Å². The molecule has 0 bridgehead atoms. The Balaban J connectivity index is 1.55. The number of imide groups is 1. The van der Waals surface area contributed by atoms with Crippen molar-refractivity contribution in [3.63, 3.8) is 0 Å². The number of anilines is 2. The first-order valence-corrected chi connectivity index (χ1v) is 10.1. The predicted molar refractivity (Wildman–Crippen MR) is 115 cm³/mol. The SMILES string of the molecule is CCN(C(=O)Nc1ccccc1OC)C(=O)[C@H]1O[C@@H](n2cnc3c(N)ncnc32)[C@H](O)[C@@H]1O. The third kappa shape index (κ3) is 3.92. The first-order valence-electron chi connectivity index (χ1n) is 10.1. The maximum atomic E-state index is 13.1. The van der Waals surface area contributed by atoms with Gasteiger partial charge < -0.3 is 30.7 Å². The second kappa shape index (κ2) is 8.97. The Morgan fingerprint density at radius 1 is 1.24 bits per heavy atom. The monoisotopic (exact) mass is 457 g/mol. The van der Waals surface area contributed by atoms with E-state index < -0.39 is 36.5 Å². The van der Waals surface area contributed by atoms with Crippen molar-refractivity contribution in [3.05, 3.63) is 36.9 Å². The molecule has 1 fully saturated rings. The molecule has 1 aliphatic rings. The number of nitrogens with one attached hydrogen (secondary N) is 1. The number of hydrogen-bond donors (Lipinski definition) is 4. The van der Waals surface area contributed by atoms with Gasteiger partial charge in [0, 0.05) is 6.54 Å². The minimum Gasteiger partial charge on any atom is -0.495 e. The van der Waals surface area contributed by atoms with Crippen molar-refractivity contribution in [1.82, 2.24) is 24.4 Å². The third-order valence-corrected chi connectivity index (χ3v) is 5.32. The highest BCUT2D eigenvalue weighted by molar-refractivity contribution is 6.03. The molecular weight excluding hydrogens is 434 g/mol. The molecule has 2 aromatic heterocycles. The van der Waals surface area contributed by atoms with Crippen molar-refractivity contribution < 1.29 is 29.3 Å². The van der Waals surface area contributed by atoms with E-state index in [2.05, 4.69) is 20.3 Å². The lowest BCUT2D eigenvalue weighted by atomic mass is 10.1. The average molecular weight is 457 g/mol. The van der Waals surface area contributed by atoms with E-state index in [9.17, 15) is 19.8 Å². The number of amides is 3. The molecule has 1 aromatic carbocycles. The molecule has 4 rings (SSSR count). The van der Waals surface area contributed by atoms with Crippen LogP contribution in [-0.2, 0) is 9.53 Å². The number of nitrogens with two attached hydrogens (primary N) is 1. The van der Waals surface area contributed by atoms with Crippen molar-refractivity contribution in [2.45, 2.75) is 31.5 Å². The van der Waals surface area contributed by atoms with Gasteiger partial charge in [0.2, 0.25) is 0 Å². The molecule has 4 atom stereocenters. The minimum absolute atomic E-state index is 0.00901. The van der Waals surface area contributed by atoms with Crippen molar-refractivity contribution in [3.8, 4) is 5.75 Å². The van der Waals surface area contributed by atoms with Crippen LogP contribution in [0.4, 0.5) is 16.3 Å². The molecule has 0 radical (unpaired) electrons. The number of methoxy groups -OCH3 is 1. The van der Waals surface area contributed by atoms with Gasteiger partial charge in [0.1, 0.15) is 29.8 Å². The van der Waals surface area contributed by atoms with Crippen LogP contribution < -0.4 is 15.8 Å².